The molecule has 1 fully saturated rings. The van der Waals surface area contributed by atoms with Crippen LogP contribution < -0.4 is 10.6 Å². The van der Waals surface area contributed by atoms with E-state index >= 15 is 0 Å². The van der Waals surface area contributed by atoms with E-state index < -0.39 is 0 Å². The minimum absolute atomic E-state index is 0.0167. The van der Waals surface area contributed by atoms with Crippen LogP contribution in [0, 0.1) is 11.3 Å². The van der Waals surface area contributed by atoms with E-state index in [1.165, 1.54) is 18.2 Å². The summed E-state index contributed by atoms with van der Waals surface area (Å²) in [5.74, 6) is 0.529. The lowest BCUT2D eigenvalue weighted by atomic mass is 9.70. The van der Waals surface area contributed by atoms with Gasteiger partial charge in [-0.3, -0.25) is 9.59 Å². The monoisotopic (exact) mass is 346 g/mol. The standard InChI is InChI=1S/C19H26N2O2S/c1-12-8-13(11-19(2,3)10-12)20-17(22)9-16-18(23)21-14-6-4-5-7-15(14)24-16/h4-7,12-13,16H,8-11H2,1-3H3,(H,20,22)(H,21,23)/t12-,13-,16+/m1/s1. The molecule has 0 unspecified atom stereocenters. The average molecular weight is 346 g/mol. The Balaban J connectivity index is 1.58. The van der Waals surface area contributed by atoms with E-state index in [4.69, 9.17) is 0 Å². The Labute approximate surface area is 148 Å². The van der Waals surface area contributed by atoms with Crippen molar-refractivity contribution in [2.75, 3.05) is 5.32 Å². The number of fused-ring (bicyclic) bond motifs is 1. The Hall–Kier alpha value is -1.49. The lowest BCUT2D eigenvalue weighted by molar-refractivity contribution is -0.125. The highest BCUT2D eigenvalue weighted by molar-refractivity contribution is 8.01. The lowest BCUT2D eigenvalue weighted by Crippen LogP contribution is -2.44. The summed E-state index contributed by atoms with van der Waals surface area (Å²) in [6.07, 6.45) is 3.48. The van der Waals surface area contributed by atoms with Gasteiger partial charge < -0.3 is 10.6 Å². The third kappa shape index (κ3) is 4.12. The van der Waals surface area contributed by atoms with Crippen LogP contribution in [-0.4, -0.2) is 23.1 Å². The van der Waals surface area contributed by atoms with Gasteiger partial charge in [-0.25, -0.2) is 0 Å². The highest BCUT2D eigenvalue weighted by Crippen LogP contribution is 2.39. The first-order valence-electron chi connectivity index (χ1n) is 8.68. The quantitative estimate of drug-likeness (QED) is 0.875. The van der Waals surface area contributed by atoms with Crippen LogP contribution in [0.15, 0.2) is 29.2 Å². The summed E-state index contributed by atoms with van der Waals surface area (Å²) >= 11 is 1.48. The van der Waals surface area contributed by atoms with Crippen molar-refractivity contribution in [1.29, 1.82) is 0 Å². The van der Waals surface area contributed by atoms with Crippen molar-refractivity contribution < 1.29 is 9.59 Å². The molecular weight excluding hydrogens is 320 g/mol. The number of anilines is 1. The van der Waals surface area contributed by atoms with Gasteiger partial charge in [0.15, 0.2) is 0 Å². The molecule has 0 saturated heterocycles. The summed E-state index contributed by atoms with van der Waals surface area (Å²) in [7, 11) is 0. The SMILES string of the molecule is C[C@@H]1C[C@@H](NC(=O)C[C@@H]2Sc3ccccc3NC2=O)CC(C)(C)C1. The molecule has 0 radical (unpaired) electrons. The zero-order chi connectivity index (χ0) is 17.3. The van der Waals surface area contributed by atoms with Gasteiger partial charge in [0.05, 0.1) is 10.9 Å². The Kier molecular flexibility index (Phi) is 4.90. The van der Waals surface area contributed by atoms with E-state index in [2.05, 4.69) is 31.4 Å². The first-order chi connectivity index (χ1) is 11.3. The van der Waals surface area contributed by atoms with Gasteiger partial charge in [0.2, 0.25) is 11.8 Å². The van der Waals surface area contributed by atoms with E-state index in [0.29, 0.717) is 5.92 Å². The maximum atomic E-state index is 12.5. The van der Waals surface area contributed by atoms with Crippen molar-refractivity contribution in [1.82, 2.24) is 5.32 Å². The van der Waals surface area contributed by atoms with Crippen molar-refractivity contribution >= 4 is 29.3 Å². The Morgan fingerprint density at radius 2 is 2.08 bits per heavy atom. The summed E-state index contributed by atoms with van der Waals surface area (Å²) in [6, 6.07) is 7.95. The van der Waals surface area contributed by atoms with Crippen LogP contribution in [0.2, 0.25) is 0 Å². The van der Waals surface area contributed by atoms with Crippen LogP contribution in [-0.2, 0) is 9.59 Å². The van der Waals surface area contributed by atoms with E-state index in [-0.39, 0.29) is 34.9 Å². The van der Waals surface area contributed by atoms with Gasteiger partial charge in [-0.05, 0) is 42.7 Å². The molecule has 4 nitrogen and oxygen atoms in total. The molecule has 2 aliphatic rings. The number of carbonyl (C=O) groups is 2. The second kappa shape index (κ2) is 6.79. The van der Waals surface area contributed by atoms with Crippen LogP contribution in [0.1, 0.15) is 46.5 Å². The van der Waals surface area contributed by atoms with Crippen LogP contribution in [0.5, 0.6) is 0 Å². The third-order valence-electron chi connectivity index (χ3n) is 4.83. The topological polar surface area (TPSA) is 58.2 Å². The molecule has 24 heavy (non-hydrogen) atoms. The predicted molar refractivity (Wildman–Crippen MR) is 98.1 cm³/mol. The number of benzene rings is 1. The minimum Gasteiger partial charge on any atom is -0.353 e. The van der Waals surface area contributed by atoms with Crippen molar-refractivity contribution in [3.05, 3.63) is 24.3 Å². The van der Waals surface area contributed by atoms with Crippen LogP contribution in [0.4, 0.5) is 5.69 Å². The zero-order valence-electron chi connectivity index (χ0n) is 14.6. The number of para-hydroxylation sites is 1. The van der Waals surface area contributed by atoms with Crippen LogP contribution >= 0.6 is 11.8 Å². The van der Waals surface area contributed by atoms with Gasteiger partial charge >= 0.3 is 0 Å². The van der Waals surface area contributed by atoms with Gasteiger partial charge in [-0.15, -0.1) is 11.8 Å². The first kappa shape index (κ1) is 17.3. The van der Waals surface area contributed by atoms with Crippen molar-refractivity contribution in [2.24, 2.45) is 11.3 Å². The van der Waals surface area contributed by atoms with Crippen molar-refractivity contribution in [3.8, 4) is 0 Å². The number of thioether (sulfide) groups is 1. The number of rotatable bonds is 3. The molecule has 1 heterocycles. The third-order valence-corrected chi connectivity index (χ3v) is 6.10. The minimum atomic E-state index is -0.353. The molecule has 2 amide bonds. The number of amides is 2. The fourth-order valence-electron chi connectivity index (χ4n) is 4.14. The molecule has 0 aromatic heterocycles. The summed E-state index contributed by atoms with van der Waals surface area (Å²) in [5, 5.41) is 5.71. The van der Waals surface area contributed by atoms with Crippen LogP contribution in [0.3, 0.4) is 0 Å². The predicted octanol–water partition coefficient (Wildman–Crippen LogP) is 3.82. The molecule has 5 heteroatoms. The first-order valence-corrected chi connectivity index (χ1v) is 9.56. The molecule has 3 atom stereocenters. The zero-order valence-corrected chi connectivity index (χ0v) is 15.4. The molecule has 1 aromatic carbocycles. The number of carbonyl (C=O) groups excluding carboxylic acids is 2. The molecule has 1 saturated carbocycles. The smallest absolute Gasteiger partial charge is 0.238 e. The molecule has 1 aliphatic heterocycles. The van der Waals surface area contributed by atoms with E-state index in [1.54, 1.807) is 0 Å². The fourth-order valence-corrected chi connectivity index (χ4v) is 5.25. The Bertz CT molecular complexity index is 644. The fraction of sp³-hybridized carbons (Fsp3) is 0.579. The van der Waals surface area contributed by atoms with E-state index in [9.17, 15) is 9.59 Å². The molecule has 1 aliphatic carbocycles. The van der Waals surface area contributed by atoms with Crippen molar-refractivity contribution in [2.45, 2.75) is 62.6 Å². The molecule has 2 N–H and O–H groups in total. The average Bonchev–Trinajstić information content (AvgIpc) is 2.45. The second-order valence-electron chi connectivity index (χ2n) is 7.97. The van der Waals surface area contributed by atoms with Crippen molar-refractivity contribution in [3.63, 3.8) is 0 Å². The largest absolute Gasteiger partial charge is 0.353 e. The molecule has 0 spiro atoms. The van der Waals surface area contributed by atoms with Crippen LogP contribution in [0.25, 0.3) is 0 Å². The highest BCUT2D eigenvalue weighted by atomic mass is 32.2. The normalized spacial score (nSPS) is 28.6. The molecule has 130 valence electrons. The Morgan fingerprint density at radius 3 is 2.83 bits per heavy atom. The Morgan fingerprint density at radius 1 is 1.33 bits per heavy atom. The molecule has 1 aromatic rings. The number of hydrogen-bond donors (Lipinski definition) is 2. The molecule has 3 rings (SSSR count). The summed E-state index contributed by atoms with van der Waals surface area (Å²) in [6.45, 7) is 6.79. The lowest BCUT2D eigenvalue weighted by Gasteiger charge is -2.39. The number of hydrogen-bond acceptors (Lipinski definition) is 3. The van der Waals surface area contributed by atoms with Gasteiger partial charge in [-0.1, -0.05) is 32.9 Å². The van der Waals surface area contributed by atoms with E-state index in [0.717, 1.165) is 23.4 Å². The summed E-state index contributed by atoms with van der Waals surface area (Å²) in [4.78, 5) is 25.7. The van der Waals surface area contributed by atoms with Gasteiger partial charge in [0, 0.05) is 17.4 Å². The van der Waals surface area contributed by atoms with Gasteiger partial charge in [0.1, 0.15) is 0 Å². The molecule has 0 bridgehead atoms. The summed E-state index contributed by atoms with van der Waals surface area (Å²) < 4.78 is 0. The van der Waals surface area contributed by atoms with Gasteiger partial charge in [0.25, 0.3) is 0 Å². The maximum Gasteiger partial charge on any atom is 0.238 e. The highest BCUT2D eigenvalue weighted by Gasteiger charge is 2.34. The van der Waals surface area contributed by atoms with Gasteiger partial charge in [-0.2, -0.15) is 0 Å². The molecular formula is C19H26N2O2S. The number of nitrogens with one attached hydrogen (secondary N) is 2. The maximum absolute atomic E-state index is 12.5. The summed E-state index contributed by atoms with van der Waals surface area (Å²) in [5.41, 5.74) is 1.11. The second-order valence-corrected chi connectivity index (χ2v) is 9.22. The van der Waals surface area contributed by atoms with E-state index in [1.807, 2.05) is 24.3 Å².